The van der Waals surface area contributed by atoms with Crippen molar-refractivity contribution in [3.05, 3.63) is 35.4 Å². The van der Waals surface area contributed by atoms with E-state index >= 15 is 0 Å². The average Bonchev–Trinajstić information content (AvgIpc) is 2.47. The van der Waals surface area contributed by atoms with Crippen molar-refractivity contribution in [1.29, 1.82) is 0 Å². The zero-order valence-corrected chi connectivity index (χ0v) is 14.5. The van der Waals surface area contributed by atoms with Crippen molar-refractivity contribution >= 4 is 5.97 Å². The second kappa shape index (κ2) is 9.01. The molecule has 0 amide bonds. The molecule has 0 aliphatic carbocycles. The van der Waals surface area contributed by atoms with Crippen LogP contribution >= 0.6 is 0 Å². The summed E-state index contributed by atoms with van der Waals surface area (Å²) >= 11 is 0. The maximum absolute atomic E-state index is 11.5. The third-order valence-corrected chi connectivity index (χ3v) is 3.61. The predicted octanol–water partition coefficient (Wildman–Crippen LogP) is 3.13. The highest BCUT2D eigenvalue weighted by molar-refractivity contribution is 5.79. The van der Waals surface area contributed by atoms with Crippen LogP contribution in [0.5, 0.6) is 0 Å². The van der Waals surface area contributed by atoms with Crippen LogP contribution in [0, 0.1) is 5.92 Å². The van der Waals surface area contributed by atoms with Gasteiger partial charge in [-0.05, 0) is 31.7 Å². The summed E-state index contributed by atoms with van der Waals surface area (Å²) in [7, 11) is 0. The number of benzene rings is 1. The van der Waals surface area contributed by atoms with Gasteiger partial charge in [0.05, 0.1) is 0 Å². The number of ether oxygens (including phenoxy) is 2. The van der Waals surface area contributed by atoms with Crippen LogP contribution in [0.3, 0.4) is 0 Å². The molecular weight excluding hydrogens is 294 g/mol. The molecule has 0 saturated heterocycles. The van der Waals surface area contributed by atoms with Gasteiger partial charge >= 0.3 is 5.97 Å². The SMILES string of the molecule is CCOC(OCC)c1ccc(C[C@@](N)(CC(C)C)C(=O)O)cc1. The van der Waals surface area contributed by atoms with Crippen LogP contribution in [0.4, 0.5) is 0 Å². The van der Waals surface area contributed by atoms with Crippen LogP contribution in [-0.2, 0) is 20.7 Å². The Labute approximate surface area is 138 Å². The molecule has 5 heteroatoms. The highest BCUT2D eigenvalue weighted by atomic mass is 16.7. The zero-order valence-electron chi connectivity index (χ0n) is 14.5. The van der Waals surface area contributed by atoms with Crippen LogP contribution < -0.4 is 5.73 Å². The average molecular weight is 323 g/mol. The summed E-state index contributed by atoms with van der Waals surface area (Å²) in [4.78, 5) is 11.5. The standard InChI is InChI=1S/C18H29NO4/c1-5-22-16(23-6-2)15-9-7-14(8-10-15)12-18(19,17(20)21)11-13(3)4/h7-10,13,16H,5-6,11-12,19H2,1-4H3,(H,20,21)/t18-/m0/s1. The molecular formula is C18H29NO4. The number of carbonyl (C=O) groups is 1. The van der Waals surface area contributed by atoms with Gasteiger partial charge in [-0.2, -0.15) is 0 Å². The predicted molar refractivity (Wildman–Crippen MR) is 90.1 cm³/mol. The molecule has 1 atom stereocenters. The molecule has 0 aromatic heterocycles. The molecule has 1 aromatic carbocycles. The van der Waals surface area contributed by atoms with Gasteiger partial charge in [0.25, 0.3) is 0 Å². The minimum Gasteiger partial charge on any atom is -0.480 e. The Morgan fingerprint density at radius 1 is 1.17 bits per heavy atom. The topological polar surface area (TPSA) is 81.8 Å². The fourth-order valence-corrected chi connectivity index (χ4v) is 2.66. The molecule has 3 N–H and O–H groups in total. The van der Waals surface area contributed by atoms with Crippen LogP contribution in [0.2, 0.25) is 0 Å². The third kappa shape index (κ3) is 5.94. The molecule has 0 spiro atoms. The minimum absolute atomic E-state index is 0.218. The number of aliphatic carboxylic acids is 1. The van der Waals surface area contributed by atoms with Crippen LogP contribution in [0.25, 0.3) is 0 Å². The molecule has 0 heterocycles. The lowest BCUT2D eigenvalue weighted by Gasteiger charge is -2.27. The van der Waals surface area contributed by atoms with Crippen molar-refractivity contribution in [2.75, 3.05) is 13.2 Å². The number of nitrogens with two attached hydrogens (primary N) is 1. The Morgan fingerprint density at radius 3 is 2.09 bits per heavy atom. The Hall–Kier alpha value is -1.43. The van der Waals surface area contributed by atoms with Crippen LogP contribution in [0.15, 0.2) is 24.3 Å². The minimum atomic E-state index is -1.24. The van der Waals surface area contributed by atoms with Crippen molar-refractivity contribution in [1.82, 2.24) is 0 Å². The van der Waals surface area contributed by atoms with E-state index in [2.05, 4.69) is 0 Å². The number of carboxylic acids is 1. The van der Waals surface area contributed by atoms with Gasteiger partial charge in [0.2, 0.25) is 0 Å². The van der Waals surface area contributed by atoms with Crippen molar-refractivity contribution < 1.29 is 19.4 Å². The molecule has 0 radical (unpaired) electrons. The Morgan fingerprint density at radius 2 is 1.70 bits per heavy atom. The van der Waals surface area contributed by atoms with Gasteiger partial charge in [-0.25, -0.2) is 0 Å². The van der Waals surface area contributed by atoms with Gasteiger partial charge in [-0.3, -0.25) is 4.79 Å². The summed E-state index contributed by atoms with van der Waals surface area (Å²) in [5.41, 5.74) is 6.69. The summed E-state index contributed by atoms with van der Waals surface area (Å²) in [6, 6.07) is 7.60. The highest BCUT2D eigenvalue weighted by Crippen LogP contribution is 2.23. The van der Waals surface area contributed by atoms with Crippen molar-refractivity contribution in [2.24, 2.45) is 11.7 Å². The molecule has 0 aliphatic rings. The first kappa shape index (κ1) is 19.6. The van der Waals surface area contributed by atoms with E-state index in [1.54, 1.807) is 0 Å². The smallest absolute Gasteiger partial charge is 0.324 e. The monoisotopic (exact) mass is 323 g/mol. The van der Waals surface area contributed by atoms with Crippen molar-refractivity contribution in [3.63, 3.8) is 0 Å². The fourth-order valence-electron chi connectivity index (χ4n) is 2.66. The van der Waals surface area contributed by atoms with E-state index in [0.717, 1.165) is 11.1 Å². The first-order valence-electron chi connectivity index (χ1n) is 8.16. The zero-order chi connectivity index (χ0) is 17.5. The summed E-state index contributed by atoms with van der Waals surface area (Å²) in [6.45, 7) is 8.91. The number of hydrogen-bond donors (Lipinski definition) is 2. The molecule has 5 nitrogen and oxygen atoms in total. The lowest BCUT2D eigenvalue weighted by molar-refractivity contribution is -0.144. The number of rotatable bonds is 10. The van der Waals surface area contributed by atoms with E-state index in [1.807, 2.05) is 52.0 Å². The van der Waals surface area contributed by atoms with Gasteiger partial charge < -0.3 is 20.3 Å². The number of carboxylic acid groups (broad SMARTS) is 1. The van der Waals surface area contributed by atoms with Gasteiger partial charge in [-0.15, -0.1) is 0 Å². The van der Waals surface area contributed by atoms with E-state index in [9.17, 15) is 9.90 Å². The van der Waals surface area contributed by atoms with Gasteiger partial charge in [0.1, 0.15) is 5.54 Å². The first-order valence-corrected chi connectivity index (χ1v) is 8.16. The van der Waals surface area contributed by atoms with Crippen molar-refractivity contribution in [3.8, 4) is 0 Å². The molecule has 0 fully saturated rings. The molecule has 23 heavy (non-hydrogen) atoms. The maximum atomic E-state index is 11.5. The Kier molecular flexibility index (Phi) is 7.68. The quantitative estimate of drug-likeness (QED) is 0.647. The summed E-state index contributed by atoms with van der Waals surface area (Å²) in [5, 5.41) is 9.46. The van der Waals surface area contributed by atoms with E-state index in [4.69, 9.17) is 15.2 Å². The summed E-state index contributed by atoms with van der Waals surface area (Å²) in [5.74, 6) is -0.743. The van der Waals surface area contributed by atoms with E-state index in [1.165, 1.54) is 0 Å². The van der Waals surface area contributed by atoms with Gasteiger partial charge in [0.15, 0.2) is 6.29 Å². The van der Waals surface area contributed by atoms with Crippen LogP contribution in [-0.4, -0.2) is 29.8 Å². The normalized spacial score (nSPS) is 14.2. The van der Waals surface area contributed by atoms with E-state index in [-0.39, 0.29) is 5.92 Å². The molecule has 0 bridgehead atoms. The highest BCUT2D eigenvalue weighted by Gasteiger charge is 2.34. The number of hydrogen-bond acceptors (Lipinski definition) is 4. The fraction of sp³-hybridized carbons (Fsp3) is 0.611. The molecule has 0 saturated carbocycles. The second-order valence-corrected chi connectivity index (χ2v) is 6.22. The van der Waals surface area contributed by atoms with Gasteiger partial charge in [-0.1, -0.05) is 38.1 Å². The lowest BCUT2D eigenvalue weighted by atomic mass is 9.84. The maximum Gasteiger partial charge on any atom is 0.324 e. The Bertz CT molecular complexity index is 480. The van der Waals surface area contributed by atoms with Crippen LogP contribution in [0.1, 0.15) is 51.5 Å². The summed E-state index contributed by atoms with van der Waals surface area (Å²) in [6.07, 6.45) is 0.344. The molecule has 1 rings (SSSR count). The van der Waals surface area contributed by atoms with E-state index in [0.29, 0.717) is 26.1 Å². The largest absolute Gasteiger partial charge is 0.480 e. The Balaban J connectivity index is 2.88. The molecule has 0 aliphatic heterocycles. The first-order chi connectivity index (χ1) is 10.8. The molecule has 130 valence electrons. The summed E-state index contributed by atoms with van der Waals surface area (Å²) < 4.78 is 11.1. The van der Waals surface area contributed by atoms with Crippen molar-refractivity contribution in [2.45, 2.75) is 52.4 Å². The third-order valence-electron chi connectivity index (χ3n) is 3.61. The molecule has 1 aromatic rings. The van der Waals surface area contributed by atoms with E-state index < -0.39 is 17.8 Å². The lowest BCUT2D eigenvalue weighted by Crippen LogP contribution is -2.50. The molecule has 0 unspecified atom stereocenters. The second-order valence-electron chi connectivity index (χ2n) is 6.22. The van der Waals surface area contributed by atoms with Gasteiger partial charge in [0, 0.05) is 25.2 Å².